The number of benzene rings is 3. The summed E-state index contributed by atoms with van der Waals surface area (Å²) in [4.78, 5) is 40.1. The molecule has 8 heteroatoms. The molecule has 0 radical (unpaired) electrons. The van der Waals surface area contributed by atoms with E-state index in [1.165, 1.54) is 25.2 Å². The lowest BCUT2D eigenvalue weighted by Gasteiger charge is -2.27. The van der Waals surface area contributed by atoms with Crippen LogP contribution in [0.5, 0.6) is 11.5 Å². The Morgan fingerprint density at radius 3 is 2.33 bits per heavy atom. The lowest BCUT2D eigenvalue weighted by atomic mass is 9.94. The first-order chi connectivity index (χ1) is 17.4. The van der Waals surface area contributed by atoms with Gasteiger partial charge in [-0.3, -0.25) is 14.5 Å². The highest BCUT2D eigenvalue weighted by Crippen LogP contribution is 2.45. The van der Waals surface area contributed by atoms with Crippen molar-refractivity contribution in [2.24, 2.45) is 0 Å². The molecule has 3 aromatic rings. The average molecular weight is 488 g/mol. The number of aliphatic hydroxyl groups is 1. The van der Waals surface area contributed by atoms with Crippen LogP contribution < -0.4 is 14.4 Å². The van der Waals surface area contributed by atoms with Gasteiger partial charge in [0.1, 0.15) is 17.3 Å². The fourth-order valence-corrected chi connectivity index (χ4v) is 4.22. The van der Waals surface area contributed by atoms with Crippen molar-refractivity contribution in [1.82, 2.24) is 0 Å². The van der Waals surface area contributed by atoms with E-state index in [0.29, 0.717) is 34.9 Å². The maximum Gasteiger partial charge on any atom is 0.337 e. The summed E-state index contributed by atoms with van der Waals surface area (Å²) in [6.07, 6.45) is 0. The highest BCUT2D eigenvalue weighted by atomic mass is 16.5. The van der Waals surface area contributed by atoms with Gasteiger partial charge in [0.15, 0.2) is 0 Å². The van der Waals surface area contributed by atoms with Gasteiger partial charge in [-0.2, -0.15) is 0 Å². The van der Waals surface area contributed by atoms with Gasteiger partial charge < -0.3 is 19.3 Å². The van der Waals surface area contributed by atoms with Crippen LogP contribution in [0.3, 0.4) is 0 Å². The maximum absolute atomic E-state index is 13.4. The standard InChI is InChI=1S/C28H25NO7/c1-4-36-20-14-12-17(13-15-20)25(30)23-24(21-10-5-6-11-22(21)34-2)29(27(32)26(23)31)19-9-7-8-18(16-19)28(33)35-3/h5-16,24,30H,4H2,1-3H3/b25-23+. The number of esters is 1. The van der Waals surface area contributed by atoms with E-state index in [4.69, 9.17) is 14.2 Å². The third-order valence-corrected chi connectivity index (χ3v) is 5.86. The molecule has 36 heavy (non-hydrogen) atoms. The Kier molecular flexibility index (Phi) is 7.05. The van der Waals surface area contributed by atoms with Gasteiger partial charge in [-0.05, 0) is 55.5 Å². The molecular formula is C28H25NO7. The maximum atomic E-state index is 13.4. The van der Waals surface area contributed by atoms with Crippen LogP contribution in [-0.4, -0.2) is 43.6 Å². The van der Waals surface area contributed by atoms with Crippen LogP contribution in [-0.2, 0) is 14.3 Å². The molecule has 0 bridgehead atoms. The van der Waals surface area contributed by atoms with Crippen LogP contribution in [0.25, 0.3) is 5.76 Å². The Bertz CT molecular complexity index is 1340. The quantitative estimate of drug-likeness (QED) is 0.226. The molecule has 1 heterocycles. The van der Waals surface area contributed by atoms with Gasteiger partial charge in [-0.1, -0.05) is 24.3 Å². The fourth-order valence-electron chi connectivity index (χ4n) is 4.22. The number of ketones is 1. The second-order valence-electron chi connectivity index (χ2n) is 7.91. The largest absolute Gasteiger partial charge is 0.507 e. The molecule has 4 rings (SSSR count). The highest BCUT2D eigenvalue weighted by Gasteiger charge is 2.48. The van der Waals surface area contributed by atoms with Gasteiger partial charge in [0, 0.05) is 16.8 Å². The minimum absolute atomic E-state index is 0.0999. The third-order valence-electron chi connectivity index (χ3n) is 5.86. The minimum Gasteiger partial charge on any atom is -0.507 e. The molecule has 1 fully saturated rings. The van der Waals surface area contributed by atoms with E-state index in [9.17, 15) is 19.5 Å². The number of nitrogens with zero attached hydrogens (tertiary/aromatic N) is 1. The zero-order chi connectivity index (χ0) is 25.8. The first kappa shape index (κ1) is 24.5. The van der Waals surface area contributed by atoms with Crippen LogP contribution in [0.4, 0.5) is 5.69 Å². The van der Waals surface area contributed by atoms with Crippen LogP contribution in [0.15, 0.2) is 78.4 Å². The number of aliphatic hydroxyl groups excluding tert-OH is 1. The smallest absolute Gasteiger partial charge is 0.337 e. The van der Waals surface area contributed by atoms with Gasteiger partial charge in [0.2, 0.25) is 0 Å². The van der Waals surface area contributed by atoms with E-state index < -0.39 is 23.7 Å². The molecule has 184 valence electrons. The monoisotopic (exact) mass is 487 g/mol. The third kappa shape index (κ3) is 4.40. The van der Waals surface area contributed by atoms with E-state index in [0.717, 1.165) is 0 Å². The van der Waals surface area contributed by atoms with E-state index >= 15 is 0 Å². The summed E-state index contributed by atoms with van der Waals surface area (Å²) in [6, 6.07) is 18.7. The lowest BCUT2D eigenvalue weighted by molar-refractivity contribution is -0.132. The number of methoxy groups -OCH3 is 2. The predicted octanol–water partition coefficient (Wildman–Crippen LogP) is 4.51. The van der Waals surface area contributed by atoms with E-state index in [-0.39, 0.29) is 16.9 Å². The van der Waals surface area contributed by atoms with Crippen LogP contribution >= 0.6 is 0 Å². The molecule has 0 aliphatic carbocycles. The molecule has 1 unspecified atom stereocenters. The van der Waals surface area contributed by atoms with Crippen molar-refractivity contribution < 1.29 is 33.7 Å². The van der Waals surface area contributed by atoms with Crippen molar-refractivity contribution in [2.45, 2.75) is 13.0 Å². The molecule has 0 aromatic heterocycles. The Balaban J connectivity index is 1.93. The van der Waals surface area contributed by atoms with Crippen molar-refractivity contribution in [3.05, 3.63) is 95.1 Å². The molecular weight excluding hydrogens is 462 g/mol. The molecule has 1 saturated heterocycles. The van der Waals surface area contributed by atoms with Gasteiger partial charge in [-0.15, -0.1) is 0 Å². The summed E-state index contributed by atoms with van der Waals surface area (Å²) in [6.45, 7) is 2.34. The number of hydrogen-bond donors (Lipinski definition) is 1. The van der Waals surface area contributed by atoms with Gasteiger partial charge >= 0.3 is 5.97 Å². The summed E-state index contributed by atoms with van der Waals surface area (Å²) < 4.78 is 15.8. The molecule has 1 atom stereocenters. The summed E-state index contributed by atoms with van der Waals surface area (Å²) in [5.74, 6) is -1.59. The number of amides is 1. The molecule has 1 aliphatic rings. The molecule has 0 saturated carbocycles. The Morgan fingerprint density at radius 2 is 1.67 bits per heavy atom. The molecule has 0 spiro atoms. The molecule has 8 nitrogen and oxygen atoms in total. The highest BCUT2D eigenvalue weighted by molar-refractivity contribution is 6.51. The molecule has 1 aliphatic heterocycles. The number of rotatable bonds is 7. The van der Waals surface area contributed by atoms with Crippen molar-refractivity contribution in [3.63, 3.8) is 0 Å². The second kappa shape index (κ2) is 10.4. The number of ether oxygens (including phenoxy) is 3. The van der Waals surface area contributed by atoms with Gasteiger partial charge in [-0.25, -0.2) is 4.79 Å². The SMILES string of the molecule is CCOc1ccc(/C(O)=C2\C(=O)C(=O)N(c3cccc(C(=O)OC)c3)C2c2ccccc2OC)cc1. The van der Waals surface area contributed by atoms with Crippen molar-refractivity contribution in [2.75, 3.05) is 25.7 Å². The Morgan fingerprint density at radius 1 is 0.944 bits per heavy atom. The predicted molar refractivity (Wildman–Crippen MR) is 133 cm³/mol. The number of hydrogen-bond acceptors (Lipinski definition) is 7. The number of para-hydroxylation sites is 1. The zero-order valence-electron chi connectivity index (χ0n) is 20.1. The van der Waals surface area contributed by atoms with Crippen LogP contribution in [0, 0.1) is 0 Å². The van der Waals surface area contributed by atoms with E-state index in [1.807, 2.05) is 6.92 Å². The summed E-state index contributed by atoms with van der Waals surface area (Å²) >= 11 is 0. The Hall–Kier alpha value is -4.59. The second-order valence-corrected chi connectivity index (χ2v) is 7.91. The van der Waals surface area contributed by atoms with Crippen molar-refractivity contribution >= 4 is 29.1 Å². The zero-order valence-corrected chi connectivity index (χ0v) is 20.1. The fraction of sp³-hybridized carbons (Fsp3) is 0.179. The van der Waals surface area contributed by atoms with Crippen molar-refractivity contribution in [1.29, 1.82) is 0 Å². The molecule has 1 N–H and O–H groups in total. The van der Waals surface area contributed by atoms with Gasteiger partial charge in [0.05, 0.1) is 38.0 Å². The topological polar surface area (TPSA) is 102 Å². The number of Topliss-reactive ketones (excluding diaryl/α,β-unsaturated/α-hetero) is 1. The first-order valence-corrected chi connectivity index (χ1v) is 11.3. The van der Waals surface area contributed by atoms with E-state index in [1.54, 1.807) is 66.7 Å². The average Bonchev–Trinajstić information content (AvgIpc) is 3.18. The minimum atomic E-state index is -1.01. The molecule has 1 amide bonds. The van der Waals surface area contributed by atoms with Crippen LogP contribution in [0.2, 0.25) is 0 Å². The number of carbonyl (C=O) groups is 3. The van der Waals surface area contributed by atoms with Crippen LogP contribution in [0.1, 0.15) is 34.5 Å². The van der Waals surface area contributed by atoms with Crippen molar-refractivity contribution in [3.8, 4) is 11.5 Å². The number of carbonyl (C=O) groups excluding carboxylic acids is 3. The first-order valence-electron chi connectivity index (χ1n) is 11.3. The lowest BCUT2D eigenvalue weighted by Crippen LogP contribution is -2.29. The summed E-state index contributed by atoms with van der Waals surface area (Å²) in [7, 11) is 2.74. The molecule has 3 aromatic carbocycles. The number of anilines is 1. The Labute approximate surface area is 208 Å². The normalized spacial score (nSPS) is 16.6. The summed E-state index contributed by atoms with van der Waals surface area (Å²) in [5.41, 5.74) is 1.25. The summed E-state index contributed by atoms with van der Waals surface area (Å²) in [5, 5.41) is 11.3. The van der Waals surface area contributed by atoms with E-state index in [2.05, 4.69) is 0 Å². The van der Waals surface area contributed by atoms with Gasteiger partial charge in [0.25, 0.3) is 11.7 Å².